The van der Waals surface area contributed by atoms with Crippen molar-refractivity contribution < 1.29 is 14.7 Å². The third kappa shape index (κ3) is 5.26. The number of benzene rings is 1. The summed E-state index contributed by atoms with van der Waals surface area (Å²) >= 11 is 13.2. The monoisotopic (exact) mass is 425 g/mol. The number of anilines is 2. The largest absolute Gasteiger partial charge is 0.478 e. The van der Waals surface area contributed by atoms with Crippen molar-refractivity contribution in [2.45, 2.75) is 13.3 Å². The van der Waals surface area contributed by atoms with Gasteiger partial charge < -0.3 is 16.2 Å². The minimum absolute atomic E-state index is 0.0322. The van der Waals surface area contributed by atoms with Crippen molar-refractivity contribution in [3.8, 4) is 0 Å². The number of carbonyl (C=O) groups is 2. The second kappa shape index (κ2) is 9.45. The maximum atomic E-state index is 12.3. The zero-order valence-electron chi connectivity index (χ0n) is 14.3. The Balaban J connectivity index is 2.27. The molecule has 2 aromatic rings. The topological polar surface area (TPSA) is 104 Å². The summed E-state index contributed by atoms with van der Waals surface area (Å²) in [4.78, 5) is 24.5. The first-order valence-electron chi connectivity index (χ1n) is 7.78. The van der Waals surface area contributed by atoms with Crippen LogP contribution >= 0.6 is 34.5 Å². The van der Waals surface area contributed by atoms with E-state index in [0.29, 0.717) is 11.3 Å². The molecule has 6 nitrogen and oxygen atoms in total. The number of hydrogen-bond acceptors (Lipinski definition) is 4. The molecule has 0 aliphatic heterocycles. The van der Waals surface area contributed by atoms with Crippen molar-refractivity contribution in [3.05, 3.63) is 63.1 Å². The number of rotatable bonds is 6. The lowest BCUT2D eigenvalue weighted by atomic mass is 10.1. The van der Waals surface area contributed by atoms with Gasteiger partial charge in [-0.25, -0.2) is 9.59 Å². The van der Waals surface area contributed by atoms with Crippen molar-refractivity contribution in [2.24, 2.45) is 5.73 Å². The van der Waals surface area contributed by atoms with Crippen molar-refractivity contribution in [3.63, 3.8) is 0 Å². The standard InChI is InChI=1S/C18H17Cl2N3O3S/c1-2-3-5-10(9-21)14-8-11(17(24)25)16(27-14)23-18(26)22-15-12(19)6-4-7-13(15)20/h2-4,6-9H,5,21H2,1H3,(H,24,25)(H2,22,23,26)/b3-2-,10-9+. The first-order valence-corrected chi connectivity index (χ1v) is 9.36. The predicted octanol–water partition coefficient (Wildman–Crippen LogP) is 5.66. The van der Waals surface area contributed by atoms with Crippen molar-refractivity contribution in [1.29, 1.82) is 0 Å². The molecule has 1 heterocycles. The lowest BCUT2D eigenvalue weighted by Gasteiger charge is -2.10. The van der Waals surface area contributed by atoms with Gasteiger partial charge in [0, 0.05) is 4.88 Å². The molecule has 0 saturated carbocycles. The summed E-state index contributed by atoms with van der Waals surface area (Å²) in [5.41, 5.74) is 6.61. The van der Waals surface area contributed by atoms with Crippen LogP contribution in [0.25, 0.3) is 5.57 Å². The average Bonchev–Trinajstić information content (AvgIpc) is 3.03. The third-order valence-corrected chi connectivity index (χ3v) is 5.24. The lowest BCUT2D eigenvalue weighted by Crippen LogP contribution is -2.20. The van der Waals surface area contributed by atoms with Gasteiger partial charge in [0.25, 0.3) is 0 Å². The van der Waals surface area contributed by atoms with E-state index in [4.69, 9.17) is 28.9 Å². The van der Waals surface area contributed by atoms with E-state index in [1.807, 2.05) is 19.1 Å². The Labute approximate surface area is 170 Å². The van der Waals surface area contributed by atoms with Crippen LogP contribution < -0.4 is 16.4 Å². The summed E-state index contributed by atoms with van der Waals surface area (Å²) in [6, 6.07) is 5.62. The highest BCUT2D eigenvalue weighted by atomic mass is 35.5. The lowest BCUT2D eigenvalue weighted by molar-refractivity contribution is 0.0698. The van der Waals surface area contributed by atoms with Crippen molar-refractivity contribution >= 4 is 62.8 Å². The van der Waals surface area contributed by atoms with Crippen LogP contribution in [0.1, 0.15) is 28.6 Å². The fraction of sp³-hybridized carbons (Fsp3) is 0.111. The number of urea groups is 1. The third-order valence-electron chi connectivity index (χ3n) is 3.48. The predicted molar refractivity (Wildman–Crippen MR) is 112 cm³/mol. The van der Waals surface area contributed by atoms with Gasteiger partial charge in [-0.05, 0) is 43.3 Å². The number of nitrogens with two attached hydrogens (primary N) is 1. The molecule has 0 atom stereocenters. The molecule has 1 aromatic heterocycles. The number of amides is 2. The van der Waals surface area contributed by atoms with Crippen LogP contribution in [-0.2, 0) is 0 Å². The Hall–Kier alpha value is -2.48. The minimum Gasteiger partial charge on any atom is -0.478 e. The summed E-state index contributed by atoms with van der Waals surface area (Å²) < 4.78 is 0. The number of carbonyl (C=O) groups excluding carboxylic acids is 1. The van der Waals surface area contributed by atoms with E-state index >= 15 is 0 Å². The molecule has 0 bridgehead atoms. The normalized spacial score (nSPS) is 11.6. The van der Waals surface area contributed by atoms with E-state index in [-0.39, 0.29) is 26.3 Å². The molecule has 9 heteroatoms. The number of thiophene rings is 1. The summed E-state index contributed by atoms with van der Waals surface area (Å²) in [6.07, 6.45) is 5.74. The van der Waals surface area contributed by atoms with Gasteiger partial charge in [-0.3, -0.25) is 5.32 Å². The quantitative estimate of drug-likeness (QED) is 0.447. The Bertz CT molecular complexity index is 902. The van der Waals surface area contributed by atoms with E-state index in [1.165, 1.54) is 12.3 Å². The average molecular weight is 426 g/mol. The van der Waals surface area contributed by atoms with E-state index in [2.05, 4.69) is 10.6 Å². The van der Waals surface area contributed by atoms with Crippen LogP contribution in [0.15, 0.2) is 42.6 Å². The molecule has 1 aromatic carbocycles. The second-order valence-electron chi connectivity index (χ2n) is 5.30. The molecule has 0 aliphatic rings. The molecule has 0 saturated heterocycles. The second-order valence-corrected chi connectivity index (χ2v) is 7.17. The highest BCUT2D eigenvalue weighted by Gasteiger charge is 2.19. The van der Waals surface area contributed by atoms with E-state index in [9.17, 15) is 14.7 Å². The first kappa shape index (κ1) is 20.8. The SMILES string of the molecule is C/C=C\C/C(=C\N)c1cc(C(=O)O)c(NC(=O)Nc2c(Cl)cccc2Cl)s1. The van der Waals surface area contributed by atoms with Crippen molar-refractivity contribution in [2.75, 3.05) is 10.6 Å². The molecule has 0 unspecified atom stereocenters. The Morgan fingerprint density at radius 3 is 2.48 bits per heavy atom. The van der Waals surface area contributed by atoms with Crippen LogP contribution in [0.2, 0.25) is 10.0 Å². The van der Waals surface area contributed by atoms with Gasteiger partial charge in [-0.1, -0.05) is 41.4 Å². The minimum atomic E-state index is -1.16. The van der Waals surface area contributed by atoms with Gasteiger partial charge in [-0.2, -0.15) is 0 Å². The number of carboxylic acid groups (broad SMARTS) is 1. The number of nitrogens with one attached hydrogen (secondary N) is 2. The molecular formula is C18H17Cl2N3O3S. The van der Waals surface area contributed by atoms with E-state index in [1.54, 1.807) is 18.2 Å². The highest BCUT2D eigenvalue weighted by molar-refractivity contribution is 7.17. The molecule has 0 fully saturated rings. The molecule has 0 spiro atoms. The molecule has 0 radical (unpaired) electrons. The maximum Gasteiger partial charge on any atom is 0.338 e. The van der Waals surface area contributed by atoms with Gasteiger partial charge in [0.15, 0.2) is 0 Å². The number of aromatic carboxylic acids is 1. The molecule has 142 valence electrons. The molecule has 0 aliphatic carbocycles. The number of carboxylic acids is 1. The maximum absolute atomic E-state index is 12.3. The molecule has 2 rings (SSSR count). The first-order chi connectivity index (χ1) is 12.9. The smallest absolute Gasteiger partial charge is 0.338 e. The zero-order valence-corrected chi connectivity index (χ0v) is 16.6. The van der Waals surface area contributed by atoms with Crippen LogP contribution in [-0.4, -0.2) is 17.1 Å². The van der Waals surface area contributed by atoms with Crippen LogP contribution in [0, 0.1) is 0 Å². The fourth-order valence-corrected chi connectivity index (χ4v) is 3.73. The number of para-hydroxylation sites is 1. The summed E-state index contributed by atoms with van der Waals surface area (Å²) in [7, 11) is 0. The Morgan fingerprint density at radius 2 is 1.93 bits per heavy atom. The number of halogens is 2. The fourth-order valence-electron chi connectivity index (χ4n) is 2.16. The molecular weight excluding hydrogens is 409 g/mol. The zero-order chi connectivity index (χ0) is 20.0. The van der Waals surface area contributed by atoms with Gasteiger partial charge in [0.2, 0.25) is 0 Å². The molecule has 5 N–H and O–H groups in total. The number of hydrogen-bond donors (Lipinski definition) is 4. The van der Waals surface area contributed by atoms with E-state index in [0.717, 1.165) is 16.9 Å². The summed E-state index contributed by atoms with van der Waals surface area (Å²) in [5, 5.41) is 15.2. The van der Waals surface area contributed by atoms with Gasteiger partial charge >= 0.3 is 12.0 Å². The summed E-state index contributed by atoms with van der Waals surface area (Å²) in [5.74, 6) is -1.16. The van der Waals surface area contributed by atoms with E-state index < -0.39 is 12.0 Å². The highest BCUT2D eigenvalue weighted by Crippen LogP contribution is 2.35. The van der Waals surface area contributed by atoms with Crippen LogP contribution in [0.4, 0.5) is 15.5 Å². The number of allylic oxidation sites excluding steroid dienone is 3. The molecule has 27 heavy (non-hydrogen) atoms. The van der Waals surface area contributed by atoms with Gasteiger partial charge in [0.1, 0.15) is 5.00 Å². The van der Waals surface area contributed by atoms with Crippen molar-refractivity contribution in [1.82, 2.24) is 0 Å². The Kier molecular flexibility index (Phi) is 7.29. The molecule has 2 amide bonds. The summed E-state index contributed by atoms with van der Waals surface area (Å²) in [6.45, 7) is 1.88. The van der Waals surface area contributed by atoms with Gasteiger partial charge in [-0.15, -0.1) is 11.3 Å². The van der Waals surface area contributed by atoms with Gasteiger partial charge in [0.05, 0.1) is 21.3 Å². The van der Waals surface area contributed by atoms with Crippen LogP contribution in [0.3, 0.4) is 0 Å². The van der Waals surface area contributed by atoms with Crippen LogP contribution in [0.5, 0.6) is 0 Å². The Morgan fingerprint density at radius 1 is 1.26 bits per heavy atom.